The number of amides is 1. The van der Waals surface area contributed by atoms with Crippen LogP contribution in [0.5, 0.6) is 0 Å². The number of carbonyl (C=O) groups excluding carboxylic acids is 1. The van der Waals surface area contributed by atoms with Crippen LogP contribution in [0.25, 0.3) is 0 Å². The molecule has 0 bridgehead atoms. The SMILES string of the molecule is CC1(C)Nc2cc(C(F)(F)F)ccc2NC1=O. The molecular weight excluding hydrogens is 233 g/mol. The largest absolute Gasteiger partial charge is 0.416 e. The zero-order valence-electron chi connectivity index (χ0n) is 9.27. The maximum Gasteiger partial charge on any atom is 0.416 e. The van der Waals surface area contributed by atoms with E-state index in [4.69, 9.17) is 0 Å². The lowest BCUT2D eigenvalue weighted by atomic mass is 9.99. The first kappa shape index (κ1) is 11.8. The van der Waals surface area contributed by atoms with Gasteiger partial charge in [-0.3, -0.25) is 4.79 Å². The summed E-state index contributed by atoms with van der Waals surface area (Å²) in [5.41, 5.74) is -1.01. The Kier molecular flexibility index (Phi) is 2.34. The molecule has 1 aliphatic heterocycles. The van der Waals surface area contributed by atoms with Crippen LogP contribution in [0, 0.1) is 0 Å². The zero-order chi connectivity index (χ0) is 12.8. The molecule has 3 nitrogen and oxygen atoms in total. The van der Waals surface area contributed by atoms with Crippen molar-refractivity contribution in [2.24, 2.45) is 0 Å². The molecule has 0 aliphatic carbocycles. The van der Waals surface area contributed by atoms with Crippen molar-refractivity contribution in [2.75, 3.05) is 10.6 Å². The number of hydrogen-bond acceptors (Lipinski definition) is 2. The van der Waals surface area contributed by atoms with Gasteiger partial charge >= 0.3 is 6.18 Å². The van der Waals surface area contributed by atoms with E-state index in [1.165, 1.54) is 6.07 Å². The second-order valence-corrected chi connectivity index (χ2v) is 4.46. The molecule has 0 saturated heterocycles. The summed E-state index contributed by atoms with van der Waals surface area (Å²) in [4.78, 5) is 11.6. The summed E-state index contributed by atoms with van der Waals surface area (Å²) < 4.78 is 37.5. The van der Waals surface area contributed by atoms with E-state index in [0.717, 1.165) is 12.1 Å². The number of alkyl halides is 3. The van der Waals surface area contributed by atoms with E-state index in [1.54, 1.807) is 13.8 Å². The summed E-state index contributed by atoms with van der Waals surface area (Å²) in [5.74, 6) is -0.273. The van der Waals surface area contributed by atoms with E-state index in [0.29, 0.717) is 5.69 Å². The second-order valence-electron chi connectivity index (χ2n) is 4.46. The van der Waals surface area contributed by atoms with Crippen LogP contribution in [0.3, 0.4) is 0 Å². The highest BCUT2D eigenvalue weighted by Gasteiger charge is 2.36. The number of fused-ring (bicyclic) bond motifs is 1. The third-order valence-corrected chi connectivity index (χ3v) is 2.61. The summed E-state index contributed by atoms with van der Waals surface area (Å²) in [6.07, 6.45) is -4.39. The Labute approximate surface area is 96.0 Å². The third kappa shape index (κ3) is 2.07. The summed E-state index contributed by atoms with van der Waals surface area (Å²) in [6, 6.07) is 3.19. The van der Waals surface area contributed by atoms with Crippen LogP contribution < -0.4 is 10.6 Å². The highest BCUT2D eigenvalue weighted by Crippen LogP contribution is 2.37. The molecule has 2 rings (SSSR count). The summed E-state index contributed by atoms with van der Waals surface area (Å²) in [6.45, 7) is 3.21. The highest BCUT2D eigenvalue weighted by molar-refractivity contribution is 6.05. The molecule has 2 N–H and O–H groups in total. The molecule has 0 saturated carbocycles. The lowest BCUT2D eigenvalue weighted by molar-refractivity contribution is -0.137. The van der Waals surface area contributed by atoms with Gasteiger partial charge in [-0.25, -0.2) is 0 Å². The fourth-order valence-corrected chi connectivity index (χ4v) is 1.61. The molecule has 0 aromatic heterocycles. The number of rotatable bonds is 0. The molecule has 6 heteroatoms. The van der Waals surface area contributed by atoms with E-state index < -0.39 is 17.3 Å². The Morgan fingerprint density at radius 3 is 2.41 bits per heavy atom. The van der Waals surface area contributed by atoms with E-state index in [2.05, 4.69) is 10.6 Å². The first-order chi connectivity index (χ1) is 7.70. The van der Waals surface area contributed by atoms with Crippen molar-refractivity contribution in [2.45, 2.75) is 25.6 Å². The summed E-state index contributed by atoms with van der Waals surface area (Å²) in [7, 11) is 0. The van der Waals surface area contributed by atoms with Crippen LogP contribution in [0.15, 0.2) is 18.2 Å². The smallest absolute Gasteiger partial charge is 0.370 e. The molecule has 1 aromatic rings. The average molecular weight is 244 g/mol. The maximum absolute atomic E-state index is 12.5. The van der Waals surface area contributed by atoms with Gasteiger partial charge in [-0.2, -0.15) is 13.2 Å². The summed E-state index contributed by atoms with van der Waals surface area (Å²) in [5, 5.41) is 5.35. The Morgan fingerprint density at radius 1 is 1.18 bits per heavy atom. The van der Waals surface area contributed by atoms with Gasteiger partial charge in [0.05, 0.1) is 16.9 Å². The first-order valence-corrected chi connectivity index (χ1v) is 5.01. The number of benzene rings is 1. The van der Waals surface area contributed by atoms with E-state index in [9.17, 15) is 18.0 Å². The van der Waals surface area contributed by atoms with Crippen LogP contribution in [0.2, 0.25) is 0 Å². The number of nitrogens with one attached hydrogen (secondary N) is 2. The third-order valence-electron chi connectivity index (χ3n) is 2.61. The molecular formula is C11H11F3N2O. The van der Waals surface area contributed by atoms with Gasteiger partial charge in [0.1, 0.15) is 5.54 Å². The van der Waals surface area contributed by atoms with Gasteiger partial charge in [0.25, 0.3) is 0 Å². The van der Waals surface area contributed by atoms with Crippen molar-refractivity contribution in [3.63, 3.8) is 0 Å². The predicted octanol–water partition coefficient (Wildman–Crippen LogP) is 2.85. The molecule has 92 valence electrons. The molecule has 0 spiro atoms. The fraction of sp³-hybridized carbons (Fsp3) is 0.364. The first-order valence-electron chi connectivity index (χ1n) is 5.01. The molecule has 1 aliphatic rings. The van der Waals surface area contributed by atoms with Gasteiger partial charge < -0.3 is 10.6 Å². The van der Waals surface area contributed by atoms with Crippen LogP contribution >= 0.6 is 0 Å². The minimum Gasteiger partial charge on any atom is -0.370 e. The zero-order valence-corrected chi connectivity index (χ0v) is 9.27. The highest BCUT2D eigenvalue weighted by atomic mass is 19.4. The molecule has 0 radical (unpaired) electrons. The monoisotopic (exact) mass is 244 g/mol. The summed E-state index contributed by atoms with van der Waals surface area (Å²) >= 11 is 0. The molecule has 1 heterocycles. The Morgan fingerprint density at radius 2 is 1.82 bits per heavy atom. The van der Waals surface area contributed by atoms with Crippen molar-refractivity contribution in [3.05, 3.63) is 23.8 Å². The maximum atomic E-state index is 12.5. The molecule has 0 atom stereocenters. The van der Waals surface area contributed by atoms with E-state index >= 15 is 0 Å². The number of halogens is 3. The molecule has 0 fully saturated rings. The second kappa shape index (κ2) is 3.38. The van der Waals surface area contributed by atoms with Crippen LogP contribution in [0.4, 0.5) is 24.5 Å². The normalized spacial score (nSPS) is 18.1. The molecule has 1 aromatic carbocycles. The fourth-order valence-electron chi connectivity index (χ4n) is 1.61. The average Bonchev–Trinajstić information content (AvgIpc) is 2.17. The van der Waals surface area contributed by atoms with Crippen LogP contribution in [-0.2, 0) is 11.0 Å². The standard InChI is InChI=1S/C11H11F3N2O/c1-10(2)9(17)15-7-4-3-6(11(12,13)14)5-8(7)16-10/h3-5,16H,1-2H3,(H,15,17). The molecule has 17 heavy (non-hydrogen) atoms. The van der Waals surface area contributed by atoms with Crippen molar-refractivity contribution < 1.29 is 18.0 Å². The van der Waals surface area contributed by atoms with Crippen LogP contribution in [0.1, 0.15) is 19.4 Å². The number of carbonyl (C=O) groups is 1. The minimum atomic E-state index is -4.39. The van der Waals surface area contributed by atoms with Gasteiger partial charge in [-0.15, -0.1) is 0 Å². The topological polar surface area (TPSA) is 41.1 Å². The van der Waals surface area contributed by atoms with Crippen molar-refractivity contribution in [3.8, 4) is 0 Å². The van der Waals surface area contributed by atoms with E-state index in [-0.39, 0.29) is 11.6 Å². The minimum absolute atomic E-state index is 0.273. The van der Waals surface area contributed by atoms with Gasteiger partial charge in [0, 0.05) is 0 Å². The van der Waals surface area contributed by atoms with Crippen molar-refractivity contribution in [1.29, 1.82) is 0 Å². The number of anilines is 2. The van der Waals surface area contributed by atoms with E-state index in [1.807, 2.05) is 0 Å². The predicted molar refractivity (Wildman–Crippen MR) is 57.8 cm³/mol. The molecule has 1 amide bonds. The van der Waals surface area contributed by atoms with Gasteiger partial charge in [-0.05, 0) is 32.0 Å². The molecule has 0 unspecified atom stereocenters. The van der Waals surface area contributed by atoms with Gasteiger partial charge in [-0.1, -0.05) is 0 Å². The Hall–Kier alpha value is -1.72. The quantitative estimate of drug-likeness (QED) is 0.736. The lowest BCUT2D eigenvalue weighted by Gasteiger charge is -2.33. The van der Waals surface area contributed by atoms with Gasteiger partial charge in [0.2, 0.25) is 5.91 Å². The van der Waals surface area contributed by atoms with Crippen molar-refractivity contribution in [1.82, 2.24) is 0 Å². The lowest BCUT2D eigenvalue weighted by Crippen LogP contribution is -2.47. The van der Waals surface area contributed by atoms with Crippen molar-refractivity contribution >= 4 is 17.3 Å². The van der Waals surface area contributed by atoms with Gasteiger partial charge in [0.15, 0.2) is 0 Å². The Balaban J connectivity index is 2.45. The number of hydrogen-bond donors (Lipinski definition) is 2. The van der Waals surface area contributed by atoms with Crippen LogP contribution in [-0.4, -0.2) is 11.4 Å². The Bertz CT molecular complexity index is 480.